The SMILES string of the molecule is CCC(CN)(COC)Nc1cccc(Cl)c1. The van der Waals surface area contributed by atoms with Crippen LogP contribution in [0.15, 0.2) is 24.3 Å². The van der Waals surface area contributed by atoms with Crippen molar-refractivity contribution in [1.82, 2.24) is 0 Å². The van der Waals surface area contributed by atoms with Crippen molar-refractivity contribution >= 4 is 17.3 Å². The van der Waals surface area contributed by atoms with E-state index in [1.807, 2.05) is 24.3 Å². The summed E-state index contributed by atoms with van der Waals surface area (Å²) in [6.07, 6.45) is 0.893. The van der Waals surface area contributed by atoms with Crippen molar-refractivity contribution in [2.24, 2.45) is 5.73 Å². The van der Waals surface area contributed by atoms with E-state index in [4.69, 9.17) is 22.1 Å². The molecule has 0 fully saturated rings. The van der Waals surface area contributed by atoms with E-state index in [0.29, 0.717) is 18.2 Å². The van der Waals surface area contributed by atoms with E-state index in [0.717, 1.165) is 12.1 Å². The van der Waals surface area contributed by atoms with Crippen LogP contribution in [0.25, 0.3) is 0 Å². The molecule has 0 saturated carbocycles. The number of benzene rings is 1. The van der Waals surface area contributed by atoms with Crippen molar-refractivity contribution in [3.63, 3.8) is 0 Å². The highest BCUT2D eigenvalue weighted by atomic mass is 35.5. The number of anilines is 1. The summed E-state index contributed by atoms with van der Waals surface area (Å²) in [5.41, 5.74) is 6.56. The summed E-state index contributed by atoms with van der Waals surface area (Å²) in [7, 11) is 1.68. The van der Waals surface area contributed by atoms with Crippen LogP contribution in [0.4, 0.5) is 5.69 Å². The van der Waals surface area contributed by atoms with Crippen molar-refractivity contribution < 1.29 is 4.74 Å². The lowest BCUT2D eigenvalue weighted by Crippen LogP contribution is -2.48. The first-order valence-electron chi connectivity index (χ1n) is 5.38. The van der Waals surface area contributed by atoms with Gasteiger partial charge >= 0.3 is 0 Å². The van der Waals surface area contributed by atoms with Gasteiger partial charge in [-0.25, -0.2) is 0 Å². The molecular formula is C12H19ClN2O. The normalized spacial score (nSPS) is 14.5. The Hall–Kier alpha value is -0.770. The molecular weight excluding hydrogens is 224 g/mol. The average molecular weight is 243 g/mol. The Bertz CT molecular complexity index is 327. The Morgan fingerprint density at radius 1 is 1.50 bits per heavy atom. The molecule has 0 amide bonds. The summed E-state index contributed by atoms with van der Waals surface area (Å²) in [4.78, 5) is 0. The van der Waals surface area contributed by atoms with E-state index in [-0.39, 0.29) is 5.54 Å². The van der Waals surface area contributed by atoms with Gasteiger partial charge in [0.25, 0.3) is 0 Å². The van der Waals surface area contributed by atoms with E-state index in [1.54, 1.807) is 7.11 Å². The van der Waals surface area contributed by atoms with Crippen LogP contribution in [0.1, 0.15) is 13.3 Å². The van der Waals surface area contributed by atoms with Gasteiger partial charge in [-0.15, -0.1) is 0 Å². The van der Waals surface area contributed by atoms with Crippen LogP contribution in [0.3, 0.4) is 0 Å². The van der Waals surface area contributed by atoms with E-state index in [2.05, 4.69) is 12.2 Å². The van der Waals surface area contributed by atoms with Crippen molar-refractivity contribution in [2.75, 3.05) is 25.6 Å². The maximum Gasteiger partial charge on any atom is 0.0725 e. The van der Waals surface area contributed by atoms with Crippen LogP contribution in [-0.4, -0.2) is 25.8 Å². The molecule has 1 rings (SSSR count). The van der Waals surface area contributed by atoms with Crippen molar-refractivity contribution in [1.29, 1.82) is 0 Å². The molecule has 0 aliphatic carbocycles. The zero-order valence-corrected chi connectivity index (χ0v) is 10.6. The van der Waals surface area contributed by atoms with Gasteiger partial charge in [0.1, 0.15) is 0 Å². The van der Waals surface area contributed by atoms with Crippen LogP contribution in [0.5, 0.6) is 0 Å². The largest absolute Gasteiger partial charge is 0.382 e. The number of ether oxygens (including phenoxy) is 1. The highest BCUT2D eigenvalue weighted by Gasteiger charge is 2.26. The molecule has 16 heavy (non-hydrogen) atoms. The fraction of sp³-hybridized carbons (Fsp3) is 0.500. The molecule has 3 N–H and O–H groups in total. The Balaban J connectivity index is 2.82. The van der Waals surface area contributed by atoms with Crippen molar-refractivity contribution in [2.45, 2.75) is 18.9 Å². The number of methoxy groups -OCH3 is 1. The Morgan fingerprint density at radius 2 is 2.25 bits per heavy atom. The summed E-state index contributed by atoms with van der Waals surface area (Å²) in [5.74, 6) is 0. The first kappa shape index (κ1) is 13.3. The van der Waals surface area contributed by atoms with Gasteiger partial charge in [0.05, 0.1) is 12.1 Å². The Kier molecular flexibility index (Phi) is 5.06. The lowest BCUT2D eigenvalue weighted by molar-refractivity contribution is 0.143. The Labute approximate surface area is 102 Å². The quantitative estimate of drug-likeness (QED) is 0.806. The zero-order valence-electron chi connectivity index (χ0n) is 9.79. The summed E-state index contributed by atoms with van der Waals surface area (Å²) in [6.45, 7) is 3.18. The minimum absolute atomic E-state index is 0.223. The highest BCUT2D eigenvalue weighted by molar-refractivity contribution is 6.30. The monoisotopic (exact) mass is 242 g/mol. The molecule has 1 atom stereocenters. The summed E-state index contributed by atoms with van der Waals surface area (Å²) in [5, 5.41) is 4.11. The van der Waals surface area contributed by atoms with Gasteiger partial charge in [0.15, 0.2) is 0 Å². The summed E-state index contributed by atoms with van der Waals surface area (Å²) >= 11 is 5.93. The second-order valence-electron chi connectivity index (χ2n) is 3.91. The van der Waals surface area contributed by atoms with Crippen LogP contribution in [0.2, 0.25) is 5.02 Å². The maximum absolute atomic E-state index is 5.93. The van der Waals surface area contributed by atoms with Crippen LogP contribution in [-0.2, 0) is 4.74 Å². The molecule has 0 aromatic heterocycles. The van der Waals surface area contributed by atoms with Gasteiger partial charge in [-0.2, -0.15) is 0 Å². The molecule has 0 spiro atoms. The molecule has 0 saturated heterocycles. The maximum atomic E-state index is 5.93. The van der Waals surface area contributed by atoms with Gasteiger partial charge in [-0.3, -0.25) is 0 Å². The van der Waals surface area contributed by atoms with E-state index in [9.17, 15) is 0 Å². The van der Waals surface area contributed by atoms with Gasteiger partial charge in [-0.05, 0) is 24.6 Å². The molecule has 0 bridgehead atoms. The molecule has 4 heteroatoms. The fourth-order valence-corrected chi connectivity index (χ4v) is 1.82. The Morgan fingerprint density at radius 3 is 2.75 bits per heavy atom. The third kappa shape index (κ3) is 3.37. The van der Waals surface area contributed by atoms with Gasteiger partial charge in [0.2, 0.25) is 0 Å². The van der Waals surface area contributed by atoms with Crippen molar-refractivity contribution in [3.05, 3.63) is 29.3 Å². The average Bonchev–Trinajstić information content (AvgIpc) is 2.28. The number of halogens is 1. The second-order valence-corrected chi connectivity index (χ2v) is 4.34. The lowest BCUT2D eigenvalue weighted by Gasteiger charge is -2.33. The zero-order chi connectivity index (χ0) is 12.0. The molecule has 3 nitrogen and oxygen atoms in total. The topological polar surface area (TPSA) is 47.3 Å². The van der Waals surface area contributed by atoms with Crippen LogP contribution >= 0.6 is 11.6 Å². The van der Waals surface area contributed by atoms with Gasteiger partial charge in [-0.1, -0.05) is 24.6 Å². The number of rotatable bonds is 6. The molecule has 0 aliphatic heterocycles. The van der Waals surface area contributed by atoms with Crippen molar-refractivity contribution in [3.8, 4) is 0 Å². The first-order chi connectivity index (χ1) is 7.65. The van der Waals surface area contributed by atoms with E-state index in [1.165, 1.54) is 0 Å². The van der Waals surface area contributed by atoms with Crippen LogP contribution < -0.4 is 11.1 Å². The van der Waals surface area contributed by atoms with E-state index >= 15 is 0 Å². The number of nitrogens with one attached hydrogen (secondary N) is 1. The molecule has 1 aromatic rings. The van der Waals surface area contributed by atoms with Crippen LogP contribution in [0, 0.1) is 0 Å². The number of hydrogen-bond acceptors (Lipinski definition) is 3. The molecule has 0 aliphatic rings. The number of hydrogen-bond donors (Lipinski definition) is 2. The first-order valence-corrected chi connectivity index (χ1v) is 5.76. The smallest absolute Gasteiger partial charge is 0.0725 e. The van der Waals surface area contributed by atoms with Gasteiger partial charge < -0.3 is 15.8 Å². The number of nitrogens with two attached hydrogens (primary N) is 1. The fourth-order valence-electron chi connectivity index (χ4n) is 1.63. The standard InChI is InChI=1S/C12H19ClN2O/c1-3-12(8-14,9-16-2)15-11-6-4-5-10(13)7-11/h4-7,15H,3,8-9,14H2,1-2H3. The second kappa shape index (κ2) is 6.09. The summed E-state index contributed by atoms with van der Waals surface area (Å²) in [6, 6.07) is 7.62. The van der Waals surface area contributed by atoms with E-state index < -0.39 is 0 Å². The minimum Gasteiger partial charge on any atom is -0.382 e. The highest BCUT2D eigenvalue weighted by Crippen LogP contribution is 2.21. The lowest BCUT2D eigenvalue weighted by atomic mass is 9.97. The van der Waals surface area contributed by atoms with Gasteiger partial charge in [0, 0.05) is 24.4 Å². The third-order valence-corrected chi connectivity index (χ3v) is 2.96. The molecule has 1 unspecified atom stereocenters. The molecule has 90 valence electrons. The predicted octanol–water partition coefficient (Wildman–Crippen LogP) is 2.51. The predicted molar refractivity (Wildman–Crippen MR) is 69.0 cm³/mol. The molecule has 1 aromatic carbocycles. The molecule has 0 heterocycles. The molecule has 0 radical (unpaired) electrons. The third-order valence-electron chi connectivity index (χ3n) is 2.72. The minimum atomic E-state index is -0.223. The summed E-state index contributed by atoms with van der Waals surface area (Å²) < 4.78 is 5.22.